The molecule has 3 rings (SSSR count). The van der Waals surface area contributed by atoms with Crippen molar-refractivity contribution in [1.82, 2.24) is 4.98 Å². The summed E-state index contributed by atoms with van der Waals surface area (Å²) in [6, 6.07) is 14.2. The van der Waals surface area contributed by atoms with E-state index in [-0.39, 0.29) is 18.1 Å². The van der Waals surface area contributed by atoms with Gasteiger partial charge in [0, 0.05) is 18.0 Å². The van der Waals surface area contributed by atoms with Crippen molar-refractivity contribution in [1.29, 1.82) is 0 Å². The summed E-state index contributed by atoms with van der Waals surface area (Å²) in [6.07, 6.45) is 2.40. The van der Waals surface area contributed by atoms with Gasteiger partial charge in [-0.3, -0.25) is 9.78 Å². The molecule has 1 N–H and O–H groups in total. The molecule has 122 valence electrons. The first-order chi connectivity index (χ1) is 11.7. The third-order valence-electron chi connectivity index (χ3n) is 3.76. The van der Waals surface area contributed by atoms with Crippen LogP contribution in [0.2, 0.25) is 0 Å². The molecule has 1 amide bonds. The first kappa shape index (κ1) is 15.9. The van der Waals surface area contributed by atoms with Gasteiger partial charge in [-0.15, -0.1) is 0 Å². The zero-order chi connectivity index (χ0) is 16.9. The minimum Gasteiger partial charge on any atom is -0.494 e. The van der Waals surface area contributed by atoms with E-state index in [0.29, 0.717) is 12.1 Å². The maximum absolute atomic E-state index is 13.7. The van der Waals surface area contributed by atoms with Crippen molar-refractivity contribution in [2.75, 3.05) is 12.4 Å². The maximum atomic E-state index is 13.7. The van der Waals surface area contributed by atoms with Gasteiger partial charge in [0.05, 0.1) is 18.3 Å². The van der Waals surface area contributed by atoms with Crippen LogP contribution >= 0.6 is 0 Å². The van der Waals surface area contributed by atoms with Crippen LogP contribution in [0.3, 0.4) is 0 Å². The SMILES string of the molecule is COc1ccc(CCC(=O)Nc2cccc3cccnc23)cc1F. The second-order valence-corrected chi connectivity index (χ2v) is 5.40. The smallest absolute Gasteiger partial charge is 0.224 e. The van der Waals surface area contributed by atoms with Crippen molar-refractivity contribution in [2.45, 2.75) is 12.8 Å². The molecule has 0 bridgehead atoms. The number of ether oxygens (including phenoxy) is 1. The monoisotopic (exact) mass is 324 g/mol. The van der Waals surface area contributed by atoms with Crippen LogP contribution < -0.4 is 10.1 Å². The first-order valence-electron chi connectivity index (χ1n) is 7.63. The number of aromatic nitrogens is 1. The molecule has 4 nitrogen and oxygen atoms in total. The number of aryl methyl sites for hydroxylation is 1. The molecule has 0 unspecified atom stereocenters. The minimum atomic E-state index is -0.423. The summed E-state index contributed by atoms with van der Waals surface area (Å²) in [6.45, 7) is 0. The fourth-order valence-electron chi connectivity index (χ4n) is 2.54. The fourth-order valence-corrected chi connectivity index (χ4v) is 2.54. The number of pyridine rings is 1. The highest BCUT2D eigenvalue weighted by Gasteiger charge is 2.08. The van der Waals surface area contributed by atoms with Gasteiger partial charge in [0.25, 0.3) is 0 Å². The summed E-state index contributed by atoms with van der Waals surface area (Å²) in [5, 5.41) is 3.84. The first-order valence-corrected chi connectivity index (χ1v) is 7.63. The number of anilines is 1. The lowest BCUT2D eigenvalue weighted by Crippen LogP contribution is -2.13. The van der Waals surface area contributed by atoms with Gasteiger partial charge in [-0.1, -0.05) is 24.3 Å². The number of halogens is 1. The molecule has 0 aliphatic carbocycles. The average molecular weight is 324 g/mol. The van der Waals surface area contributed by atoms with E-state index in [2.05, 4.69) is 10.3 Å². The second kappa shape index (κ2) is 7.08. The molecule has 0 aliphatic rings. The van der Waals surface area contributed by atoms with Crippen LogP contribution in [0.25, 0.3) is 10.9 Å². The molecule has 24 heavy (non-hydrogen) atoms. The number of hydrogen-bond acceptors (Lipinski definition) is 3. The highest BCUT2D eigenvalue weighted by atomic mass is 19.1. The van der Waals surface area contributed by atoms with E-state index < -0.39 is 5.82 Å². The van der Waals surface area contributed by atoms with Gasteiger partial charge in [-0.25, -0.2) is 4.39 Å². The molecule has 0 saturated carbocycles. The molecule has 5 heteroatoms. The van der Waals surface area contributed by atoms with Crippen molar-refractivity contribution in [2.24, 2.45) is 0 Å². The number of carbonyl (C=O) groups excluding carboxylic acids is 1. The Balaban J connectivity index is 1.66. The molecule has 0 aliphatic heterocycles. The number of para-hydroxylation sites is 1. The largest absolute Gasteiger partial charge is 0.494 e. The van der Waals surface area contributed by atoms with E-state index in [1.807, 2.05) is 30.3 Å². The van der Waals surface area contributed by atoms with Gasteiger partial charge in [0.2, 0.25) is 5.91 Å². The molecule has 0 spiro atoms. The summed E-state index contributed by atoms with van der Waals surface area (Å²) in [5.74, 6) is -0.358. The van der Waals surface area contributed by atoms with Crippen LogP contribution in [0, 0.1) is 5.82 Å². The molecular weight excluding hydrogens is 307 g/mol. The molecule has 0 radical (unpaired) electrons. The normalized spacial score (nSPS) is 10.6. The maximum Gasteiger partial charge on any atom is 0.224 e. The van der Waals surface area contributed by atoms with Crippen molar-refractivity contribution in [3.63, 3.8) is 0 Å². The van der Waals surface area contributed by atoms with Gasteiger partial charge < -0.3 is 10.1 Å². The predicted octanol–water partition coefficient (Wildman–Crippen LogP) is 3.95. The molecule has 0 saturated heterocycles. The number of hydrogen-bond donors (Lipinski definition) is 1. The Morgan fingerprint density at radius 3 is 2.83 bits per heavy atom. The van der Waals surface area contributed by atoms with Crippen LogP contribution in [0.4, 0.5) is 10.1 Å². The number of benzene rings is 2. The minimum absolute atomic E-state index is 0.135. The Kier molecular flexibility index (Phi) is 4.70. The number of nitrogens with one attached hydrogen (secondary N) is 1. The zero-order valence-electron chi connectivity index (χ0n) is 13.3. The Labute approximate surface area is 139 Å². The van der Waals surface area contributed by atoms with Crippen LogP contribution in [0.15, 0.2) is 54.7 Å². The lowest BCUT2D eigenvalue weighted by Gasteiger charge is -2.08. The zero-order valence-corrected chi connectivity index (χ0v) is 13.3. The summed E-state index contributed by atoms with van der Waals surface area (Å²) in [4.78, 5) is 16.5. The Bertz CT molecular complexity index is 875. The Morgan fingerprint density at radius 1 is 1.21 bits per heavy atom. The molecule has 0 fully saturated rings. The Morgan fingerprint density at radius 2 is 2.04 bits per heavy atom. The highest BCUT2D eigenvalue weighted by molar-refractivity contribution is 6.00. The number of fused-ring (bicyclic) bond motifs is 1. The average Bonchev–Trinajstić information content (AvgIpc) is 2.60. The van der Waals surface area contributed by atoms with Gasteiger partial charge in [0.15, 0.2) is 11.6 Å². The molecule has 3 aromatic rings. The van der Waals surface area contributed by atoms with Gasteiger partial charge >= 0.3 is 0 Å². The summed E-state index contributed by atoms with van der Waals surface area (Å²) < 4.78 is 18.5. The van der Waals surface area contributed by atoms with E-state index in [1.165, 1.54) is 13.2 Å². The highest BCUT2D eigenvalue weighted by Crippen LogP contribution is 2.21. The Hall–Kier alpha value is -2.95. The molecule has 2 aromatic carbocycles. The van der Waals surface area contributed by atoms with Crippen LogP contribution in [0.5, 0.6) is 5.75 Å². The lowest BCUT2D eigenvalue weighted by atomic mass is 10.1. The number of nitrogens with zero attached hydrogens (tertiary/aromatic N) is 1. The van der Waals surface area contributed by atoms with Crippen molar-refractivity contribution < 1.29 is 13.9 Å². The molecule has 0 atom stereocenters. The van der Waals surface area contributed by atoms with Crippen LogP contribution in [-0.2, 0) is 11.2 Å². The number of carbonyl (C=O) groups is 1. The number of methoxy groups -OCH3 is 1. The summed E-state index contributed by atoms with van der Waals surface area (Å²) >= 11 is 0. The molecule has 1 heterocycles. The molecule has 1 aromatic heterocycles. The van der Waals surface area contributed by atoms with E-state index in [4.69, 9.17) is 4.74 Å². The van der Waals surface area contributed by atoms with E-state index >= 15 is 0 Å². The topological polar surface area (TPSA) is 51.2 Å². The van der Waals surface area contributed by atoms with Crippen LogP contribution in [0.1, 0.15) is 12.0 Å². The van der Waals surface area contributed by atoms with Gasteiger partial charge in [-0.2, -0.15) is 0 Å². The fraction of sp³-hybridized carbons (Fsp3) is 0.158. The number of amides is 1. The second-order valence-electron chi connectivity index (χ2n) is 5.40. The van der Waals surface area contributed by atoms with Crippen LogP contribution in [-0.4, -0.2) is 18.0 Å². The lowest BCUT2D eigenvalue weighted by molar-refractivity contribution is -0.116. The third-order valence-corrected chi connectivity index (χ3v) is 3.76. The van der Waals surface area contributed by atoms with E-state index in [9.17, 15) is 9.18 Å². The van der Waals surface area contributed by atoms with Crippen molar-refractivity contribution in [3.05, 3.63) is 66.1 Å². The van der Waals surface area contributed by atoms with E-state index in [0.717, 1.165) is 16.5 Å². The quantitative estimate of drug-likeness (QED) is 0.773. The van der Waals surface area contributed by atoms with Crippen molar-refractivity contribution in [3.8, 4) is 5.75 Å². The van der Waals surface area contributed by atoms with Gasteiger partial charge in [-0.05, 0) is 36.2 Å². The molecular formula is C19H17FN2O2. The third kappa shape index (κ3) is 3.51. The standard InChI is InChI=1S/C19H17FN2O2/c1-24-17-9-7-13(12-15(17)20)8-10-18(23)22-16-6-2-4-14-5-3-11-21-19(14)16/h2-7,9,11-12H,8,10H2,1H3,(H,22,23). The summed E-state index contributed by atoms with van der Waals surface area (Å²) in [5.41, 5.74) is 2.18. The van der Waals surface area contributed by atoms with E-state index in [1.54, 1.807) is 18.3 Å². The summed E-state index contributed by atoms with van der Waals surface area (Å²) in [7, 11) is 1.42. The number of rotatable bonds is 5. The van der Waals surface area contributed by atoms with Crippen molar-refractivity contribution >= 4 is 22.5 Å². The predicted molar refractivity (Wildman–Crippen MR) is 91.6 cm³/mol. The van der Waals surface area contributed by atoms with Gasteiger partial charge in [0.1, 0.15) is 0 Å².